The second-order valence-corrected chi connectivity index (χ2v) is 7.46. The molecule has 0 bridgehead atoms. The minimum Gasteiger partial charge on any atom is -0.491 e. The number of halogens is 4. The zero-order chi connectivity index (χ0) is 23.5. The molecule has 3 heterocycles. The van der Waals surface area contributed by atoms with Gasteiger partial charge in [0.05, 0.1) is 35.2 Å². The molecule has 1 aliphatic heterocycles. The molecule has 2 aromatic carbocycles. The minimum absolute atomic E-state index is 0.00784. The van der Waals surface area contributed by atoms with Gasteiger partial charge in [0.25, 0.3) is 5.91 Å². The van der Waals surface area contributed by atoms with E-state index < -0.39 is 29.9 Å². The molecule has 0 saturated carbocycles. The molecule has 8 nitrogen and oxygen atoms in total. The number of anilines is 1. The second kappa shape index (κ2) is 7.22. The fourth-order valence-corrected chi connectivity index (χ4v) is 3.88. The van der Waals surface area contributed by atoms with Crippen LogP contribution in [0.15, 0.2) is 42.9 Å². The number of nitrogens with zero attached hydrogens (tertiary/aromatic N) is 4. The SMILES string of the molecule is CN(C(=O)c1cc2c(cc1F)nc(N)c1cncn12)[C@@H]1COc2cc(OC(F)(F)F)ccc21. The van der Waals surface area contributed by atoms with E-state index in [4.69, 9.17) is 10.5 Å². The van der Waals surface area contributed by atoms with Crippen LogP contribution in [0.5, 0.6) is 11.5 Å². The molecule has 1 aliphatic rings. The number of aromatic nitrogens is 3. The van der Waals surface area contributed by atoms with E-state index in [9.17, 15) is 22.4 Å². The van der Waals surface area contributed by atoms with Crippen molar-refractivity contribution in [2.75, 3.05) is 19.4 Å². The first kappa shape index (κ1) is 20.8. The van der Waals surface area contributed by atoms with Crippen LogP contribution in [0, 0.1) is 5.82 Å². The van der Waals surface area contributed by atoms with Gasteiger partial charge in [-0.25, -0.2) is 14.4 Å². The van der Waals surface area contributed by atoms with E-state index >= 15 is 0 Å². The van der Waals surface area contributed by atoms with Crippen LogP contribution in [-0.4, -0.2) is 45.2 Å². The Hall–Kier alpha value is -4.09. The normalized spacial score (nSPS) is 15.5. The summed E-state index contributed by atoms with van der Waals surface area (Å²) in [4.78, 5) is 22.6. The van der Waals surface area contributed by atoms with Crippen LogP contribution in [0.1, 0.15) is 22.0 Å². The number of carbonyl (C=O) groups excluding carboxylic acids is 1. The first-order valence-electron chi connectivity index (χ1n) is 9.63. The molecule has 0 unspecified atom stereocenters. The summed E-state index contributed by atoms with van der Waals surface area (Å²) < 4.78 is 63.3. The molecule has 2 aromatic heterocycles. The molecule has 4 aromatic rings. The molecule has 5 rings (SSSR count). The summed E-state index contributed by atoms with van der Waals surface area (Å²) in [7, 11) is 1.46. The quantitative estimate of drug-likeness (QED) is 0.468. The fourth-order valence-electron chi connectivity index (χ4n) is 3.88. The molecule has 33 heavy (non-hydrogen) atoms. The Balaban J connectivity index is 1.48. The zero-order valence-electron chi connectivity index (χ0n) is 16.9. The van der Waals surface area contributed by atoms with Gasteiger partial charge in [0.2, 0.25) is 0 Å². The number of nitrogens with two attached hydrogens (primary N) is 1. The number of rotatable bonds is 3. The Morgan fingerprint density at radius 2 is 2.06 bits per heavy atom. The first-order chi connectivity index (χ1) is 15.6. The van der Waals surface area contributed by atoms with Crippen molar-refractivity contribution in [2.24, 2.45) is 0 Å². The summed E-state index contributed by atoms with van der Waals surface area (Å²) in [5.41, 5.74) is 7.35. The molecular formula is C21H15F4N5O3. The third-order valence-electron chi connectivity index (χ3n) is 5.46. The highest BCUT2D eigenvalue weighted by Crippen LogP contribution is 2.39. The Kier molecular flexibility index (Phi) is 4.55. The molecule has 0 spiro atoms. The Bertz CT molecular complexity index is 1420. The molecule has 0 radical (unpaired) electrons. The molecular weight excluding hydrogens is 446 g/mol. The van der Waals surface area contributed by atoms with Crippen LogP contribution in [0.4, 0.5) is 23.4 Å². The Labute approximate surface area is 183 Å². The van der Waals surface area contributed by atoms with Crippen LogP contribution < -0.4 is 15.2 Å². The monoisotopic (exact) mass is 461 g/mol. The van der Waals surface area contributed by atoms with Crippen LogP contribution in [-0.2, 0) is 0 Å². The highest BCUT2D eigenvalue weighted by atomic mass is 19.4. The number of likely N-dealkylation sites (N-methyl/N-ethyl adjacent to an activating group) is 1. The number of imidazole rings is 1. The summed E-state index contributed by atoms with van der Waals surface area (Å²) in [5.74, 6) is -1.55. The van der Waals surface area contributed by atoms with Crippen LogP contribution in [0.2, 0.25) is 0 Å². The van der Waals surface area contributed by atoms with E-state index in [1.54, 1.807) is 4.40 Å². The van der Waals surface area contributed by atoms with Gasteiger partial charge < -0.3 is 20.1 Å². The summed E-state index contributed by atoms with van der Waals surface area (Å²) in [5, 5.41) is 0. The summed E-state index contributed by atoms with van der Waals surface area (Å²) in [6.07, 6.45) is -1.86. The summed E-state index contributed by atoms with van der Waals surface area (Å²) in [6.45, 7) is -0.00784. The lowest BCUT2D eigenvalue weighted by Gasteiger charge is -2.24. The number of ether oxygens (including phenoxy) is 2. The maximum Gasteiger partial charge on any atom is 0.573 e. The standard InChI is InChI=1S/C21H15F4N5O3/c1-29(17-8-32-18-4-10(2-3-11(17)18)33-21(23,24)25)20(31)12-5-15-14(6-13(12)22)28-19(26)16-7-27-9-30(15)16/h2-7,9,17H,8H2,1H3,(H2,26,28)/t17-/m1/s1. The van der Waals surface area contributed by atoms with Crippen molar-refractivity contribution in [2.45, 2.75) is 12.4 Å². The Morgan fingerprint density at radius 1 is 1.27 bits per heavy atom. The number of carbonyl (C=O) groups is 1. The van der Waals surface area contributed by atoms with E-state index in [0.717, 1.165) is 18.2 Å². The van der Waals surface area contributed by atoms with Crippen LogP contribution >= 0.6 is 0 Å². The molecule has 0 aliphatic carbocycles. The van der Waals surface area contributed by atoms with Gasteiger partial charge >= 0.3 is 6.36 Å². The number of hydrogen-bond acceptors (Lipinski definition) is 6. The van der Waals surface area contributed by atoms with Crippen molar-refractivity contribution in [1.82, 2.24) is 19.3 Å². The van der Waals surface area contributed by atoms with E-state index in [-0.39, 0.29) is 29.3 Å². The fraction of sp³-hybridized carbons (Fsp3) is 0.190. The van der Waals surface area contributed by atoms with E-state index in [1.807, 2.05) is 0 Å². The van der Waals surface area contributed by atoms with Crippen molar-refractivity contribution in [3.63, 3.8) is 0 Å². The molecule has 0 fully saturated rings. The molecule has 170 valence electrons. The zero-order valence-corrected chi connectivity index (χ0v) is 16.9. The lowest BCUT2D eigenvalue weighted by atomic mass is 10.1. The largest absolute Gasteiger partial charge is 0.573 e. The van der Waals surface area contributed by atoms with Crippen molar-refractivity contribution in [3.8, 4) is 11.5 Å². The number of hydrogen-bond donors (Lipinski definition) is 1. The van der Waals surface area contributed by atoms with Gasteiger partial charge in [-0.15, -0.1) is 13.2 Å². The lowest BCUT2D eigenvalue weighted by molar-refractivity contribution is -0.274. The predicted molar refractivity (Wildman–Crippen MR) is 108 cm³/mol. The second-order valence-electron chi connectivity index (χ2n) is 7.46. The molecule has 2 N–H and O–H groups in total. The maximum absolute atomic E-state index is 14.9. The van der Waals surface area contributed by atoms with Gasteiger partial charge in [0.1, 0.15) is 35.3 Å². The van der Waals surface area contributed by atoms with Gasteiger partial charge in [-0.05, 0) is 18.2 Å². The van der Waals surface area contributed by atoms with E-state index in [1.165, 1.54) is 36.6 Å². The average Bonchev–Trinajstić information content (AvgIpc) is 3.39. The van der Waals surface area contributed by atoms with Gasteiger partial charge in [0, 0.05) is 24.7 Å². The number of nitrogen functional groups attached to an aromatic ring is 1. The van der Waals surface area contributed by atoms with Crippen LogP contribution in [0.3, 0.4) is 0 Å². The highest BCUT2D eigenvalue weighted by Gasteiger charge is 2.35. The predicted octanol–water partition coefficient (Wildman–Crippen LogP) is 3.71. The lowest BCUT2D eigenvalue weighted by Crippen LogP contribution is -2.32. The van der Waals surface area contributed by atoms with Gasteiger partial charge in [0.15, 0.2) is 0 Å². The smallest absolute Gasteiger partial charge is 0.491 e. The van der Waals surface area contributed by atoms with Gasteiger partial charge in [-0.1, -0.05) is 0 Å². The van der Waals surface area contributed by atoms with Crippen molar-refractivity contribution >= 4 is 28.3 Å². The highest BCUT2D eigenvalue weighted by molar-refractivity contribution is 5.98. The molecule has 0 saturated heterocycles. The van der Waals surface area contributed by atoms with Crippen LogP contribution in [0.25, 0.3) is 16.6 Å². The van der Waals surface area contributed by atoms with Crippen molar-refractivity contribution < 1.29 is 31.8 Å². The minimum atomic E-state index is -4.84. The summed E-state index contributed by atoms with van der Waals surface area (Å²) >= 11 is 0. The maximum atomic E-state index is 14.9. The topological polar surface area (TPSA) is 95.0 Å². The van der Waals surface area contributed by atoms with Gasteiger partial charge in [-0.2, -0.15) is 0 Å². The summed E-state index contributed by atoms with van der Waals surface area (Å²) in [6, 6.07) is 5.46. The molecule has 1 atom stereocenters. The first-order valence-corrected chi connectivity index (χ1v) is 9.63. The van der Waals surface area contributed by atoms with E-state index in [2.05, 4.69) is 14.7 Å². The van der Waals surface area contributed by atoms with E-state index in [0.29, 0.717) is 16.6 Å². The number of fused-ring (bicyclic) bond motifs is 4. The van der Waals surface area contributed by atoms with Gasteiger partial charge in [-0.3, -0.25) is 9.20 Å². The van der Waals surface area contributed by atoms with Crippen molar-refractivity contribution in [3.05, 3.63) is 59.8 Å². The molecule has 12 heteroatoms. The number of amides is 1. The molecule has 1 amide bonds. The third kappa shape index (κ3) is 3.52. The number of benzene rings is 2. The average molecular weight is 461 g/mol. The number of alkyl halides is 3. The van der Waals surface area contributed by atoms with Crippen molar-refractivity contribution in [1.29, 1.82) is 0 Å². The Morgan fingerprint density at radius 3 is 2.82 bits per heavy atom. The third-order valence-corrected chi connectivity index (χ3v) is 5.46.